The molecular formula is C16H22N2O2S. The van der Waals surface area contributed by atoms with Crippen molar-refractivity contribution in [2.75, 3.05) is 12.9 Å². The molecule has 5 heteroatoms. The molecule has 0 saturated carbocycles. The molecule has 1 atom stereocenters. The number of rotatable bonds is 6. The Kier molecular flexibility index (Phi) is 4.96. The molecule has 114 valence electrons. The standard InChI is InChI=1S/C16H22N2O2S/c1-11(2)18-16(3,15(19)20-4)10-21-14-9-12-7-5-6-8-13(12)17-14/h5-9,11,17-18H,10H2,1-4H3. The molecule has 1 aromatic carbocycles. The van der Waals surface area contributed by atoms with E-state index in [0.29, 0.717) is 5.75 Å². The van der Waals surface area contributed by atoms with Crippen LogP contribution in [0.25, 0.3) is 10.9 Å². The van der Waals surface area contributed by atoms with Gasteiger partial charge in [-0.2, -0.15) is 0 Å². The van der Waals surface area contributed by atoms with Gasteiger partial charge in [0.25, 0.3) is 0 Å². The number of hydrogen-bond acceptors (Lipinski definition) is 4. The van der Waals surface area contributed by atoms with Crippen LogP contribution in [0, 0.1) is 0 Å². The monoisotopic (exact) mass is 306 g/mol. The molecule has 0 saturated heterocycles. The summed E-state index contributed by atoms with van der Waals surface area (Å²) in [5, 5.41) is 5.53. The molecule has 0 bridgehead atoms. The number of H-pyrrole nitrogens is 1. The van der Waals surface area contributed by atoms with E-state index >= 15 is 0 Å². The molecule has 0 fully saturated rings. The quantitative estimate of drug-likeness (QED) is 0.636. The number of benzene rings is 1. The van der Waals surface area contributed by atoms with E-state index in [-0.39, 0.29) is 12.0 Å². The molecular weight excluding hydrogens is 284 g/mol. The van der Waals surface area contributed by atoms with Crippen molar-refractivity contribution in [3.63, 3.8) is 0 Å². The minimum absolute atomic E-state index is 0.206. The van der Waals surface area contributed by atoms with Crippen LogP contribution >= 0.6 is 11.8 Å². The zero-order valence-electron chi connectivity index (χ0n) is 12.9. The molecule has 2 N–H and O–H groups in total. The number of carbonyl (C=O) groups is 1. The number of hydrogen-bond donors (Lipinski definition) is 2. The molecule has 0 amide bonds. The van der Waals surface area contributed by atoms with Crippen LogP contribution in [-0.2, 0) is 9.53 Å². The second-order valence-electron chi connectivity index (χ2n) is 5.63. The van der Waals surface area contributed by atoms with E-state index in [1.54, 1.807) is 11.8 Å². The van der Waals surface area contributed by atoms with Gasteiger partial charge in [0.2, 0.25) is 0 Å². The second-order valence-corrected chi connectivity index (χ2v) is 6.65. The SMILES string of the molecule is COC(=O)C(C)(CSc1cc2ccccc2[nH]1)NC(C)C. The van der Waals surface area contributed by atoms with Crippen LogP contribution < -0.4 is 5.32 Å². The molecule has 2 aromatic rings. The topological polar surface area (TPSA) is 54.1 Å². The van der Waals surface area contributed by atoms with Gasteiger partial charge in [0.05, 0.1) is 12.1 Å². The Hall–Kier alpha value is -1.46. The van der Waals surface area contributed by atoms with Crippen molar-refractivity contribution in [2.45, 2.75) is 37.4 Å². The summed E-state index contributed by atoms with van der Waals surface area (Å²) in [6.45, 7) is 5.93. The molecule has 1 aromatic heterocycles. The fourth-order valence-corrected chi connectivity index (χ4v) is 3.41. The maximum absolute atomic E-state index is 12.1. The van der Waals surface area contributed by atoms with Gasteiger partial charge >= 0.3 is 5.97 Å². The van der Waals surface area contributed by atoms with Gasteiger partial charge in [-0.25, -0.2) is 0 Å². The number of nitrogens with one attached hydrogen (secondary N) is 2. The highest BCUT2D eigenvalue weighted by Crippen LogP contribution is 2.26. The molecule has 0 aliphatic rings. The van der Waals surface area contributed by atoms with Gasteiger partial charge < -0.3 is 9.72 Å². The van der Waals surface area contributed by atoms with Gasteiger partial charge in [0.1, 0.15) is 5.54 Å². The molecule has 1 unspecified atom stereocenters. The van der Waals surface area contributed by atoms with Crippen molar-refractivity contribution >= 4 is 28.6 Å². The highest BCUT2D eigenvalue weighted by molar-refractivity contribution is 7.99. The molecule has 0 aliphatic carbocycles. The Balaban J connectivity index is 2.12. The zero-order chi connectivity index (χ0) is 15.5. The minimum atomic E-state index is -0.703. The number of aromatic nitrogens is 1. The Bertz CT molecular complexity index is 591. The summed E-state index contributed by atoms with van der Waals surface area (Å²) in [5.41, 5.74) is 0.404. The van der Waals surface area contributed by atoms with Gasteiger partial charge in [-0.1, -0.05) is 18.2 Å². The molecule has 0 radical (unpaired) electrons. The molecule has 1 heterocycles. The highest BCUT2D eigenvalue weighted by Gasteiger charge is 2.35. The molecule has 4 nitrogen and oxygen atoms in total. The predicted octanol–water partition coefficient (Wildman–Crippen LogP) is 3.19. The third kappa shape index (κ3) is 3.80. The predicted molar refractivity (Wildman–Crippen MR) is 87.7 cm³/mol. The van der Waals surface area contributed by atoms with Crippen molar-refractivity contribution in [3.05, 3.63) is 30.3 Å². The van der Waals surface area contributed by atoms with Crippen LogP contribution in [0.15, 0.2) is 35.4 Å². The fourth-order valence-electron chi connectivity index (χ4n) is 2.37. The first kappa shape index (κ1) is 15.9. The van der Waals surface area contributed by atoms with Crippen molar-refractivity contribution in [2.24, 2.45) is 0 Å². The lowest BCUT2D eigenvalue weighted by molar-refractivity contribution is -0.147. The molecule has 0 aliphatic heterocycles. The summed E-state index contributed by atoms with van der Waals surface area (Å²) < 4.78 is 4.94. The van der Waals surface area contributed by atoms with Gasteiger partial charge in [-0.15, -0.1) is 11.8 Å². The van der Waals surface area contributed by atoms with E-state index in [1.165, 1.54) is 12.5 Å². The van der Waals surface area contributed by atoms with Crippen molar-refractivity contribution in [1.82, 2.24) is 10.3 Å². The van der Waals surface area contributed by atoms with E-state index in [9.17, 15) is 4.79 Å². The van der Waals surface area contributed by atoms with E-state index in [4.69, 9.17) is 4.74 Å². The third-order valence-electron chi connectivity index (χ3n) is 3.26. The first-order valence-corrected chi connectivity index (χ1v) is 8.00. The lowest BCUT2D eigenvalue weighted by Crippen LogP contribution is -2.54. The van der Waals surface area contributed by atoms with Crippen molar-refractivity contribution in [1.29, 1.82) is 0 Å². The first-order valence-electron chi connectivity index (χ1n) is 7.01. The fraction of sp³-hybridized carbons (Fsp3) is 0.438. The van der Waals surface area contributed by atoms with Gasteiger partial charge in [-0.3, -0.25) is 10.1 Å². The normalized spacial score (nSPS) is 14.3. The highest BCUT2D eigenvalue weighted by atomic mass is 32.2. The van der Waals surface area contributed by atoms with Crippen LogP contribution in [0.3, 0.4) is 0 Å². The maximum atomic E-state index is 12.1. The van der Waals surface area contributed by atoms with Crippen LogP contribution in [0.2, 0.25) is 0 Å². The zero-order valence-corrected chi connectivity index (χ0v) is 13.7. The summed E-state index contributed by atoms with van der Waals surface area (Å²) in [7, 11) is 1.43. The third-order valence-corrected chi connectivity index (χ3v) is 4.52. The van der Waals surface area contributed by atoms with Gasteiger partial charge in [-0.05, 0) is 32.9 Å². The number of aromatic amines is 1. The average Bonchev–Trinajstić information content (AvgIpc) is 2.86. The van der Waals surface area contributed by atoms with Crippen molar-refractivity contribution < 1.29 is 9.53 Å². The van der Waals surface area contributed by atoms with E-state index in [0.717, 1.165) is 10.5 Å². The van der Waals surface area contributed by atoms with Crippen LogP contribution in [0.5, 0.6) is 0 Å². The lowest BCUT2D eigenvalue weighted by atomic mass is 10.0. The minimum Gasteiger partial charge on any atom is -0.468 e. The maximum Gasteiger partial charge on any atom is 0.326 e. The van der Waals surface area contributed by atoms with E-state index < -0.39 is 5.54 Å². The summed E-state index contributed by atoms with van der Waals surface area (Å²) in [5.74, 6) is 0.366. The van der Waals surface area contributed by atoms with E-state index in [1.807, 2.05) is 39.0 Å². The van der Waals surface area contributed by atoms with E-state index in [2.05, 4.69) is 22.4 Å². The lowest BCUT2D eigenvalue weighted by Gasteiger charge is -2.29. The number of methoxy groups -OCH3 is 1. The number of ether oxygens (including phenoxy) is 1. The van der Waals surface area contributed by atoms with Crippen LogP contribution in [0.4, 0.5) is 0 Å². The Morgan fingerprint density at radius 1 is 1.43 bits per heavy atom. The number of thioether (sulfide) groups is 1. The van der Waals surface area contributed by atoms with Crippen molar-refractivity contribution in [3.8, 4) is 0 Å². The molecule has 21 heavy (non-hydrogen) atoms. The Morgan fingerprint density at radius 2 is 2.14 bits per heavy atom. The van der Waals surface area contributed by atoms with Gasteiger partial charge in [0, 0.05) is 22.7 Å². The number of para-hydroxylation sites is 1. The Morgan fingerprint density at radius 3 is 2.76 bits per heavy atom. The average molecular weight is 306 g/mol. The second kappa shape index (κ2) is 6.54. The molecule has 2 rings (SSSR count). The Labute approximate surface area is 129 Å². The van der Waals surface area contributed by atoms with Gasteiger partial charge in [0.15, 0.2) is 0 Å². The number of carbonyl (C=O) groups excluding carboxylic acids is 1. The summed E-state index contributed by atoms with van der Waals surface area (Å²) in [6.07, 6.45) is 0. The van der Waals surface area contributed by atoms with Crippen LogP contribution in [-0.4, -0.2) is 35.4 Å². The summed E-state index contributed by atoms with van der Waals surface area (Å²) >= 11 is 1.62. The van der Waals surface area contributed by atoms with Crippen LogP contribution in [0.1, 0.15) is 20.8 Å². The summed E-state index contributed by atoms with van der Waals surface area (Å²) in [6, 6.07) is 10.5. The molecule has 0 spiro atoms. The first-order chi connectivity index (χ1) is 9.94. The number of esters is 1. The summed E-state index contributed by atoms with van der Waals surface area (Å²) in [4.78, 5) is 15.4. The number of fused-ring (bicyclic) bond motifs is 1. The smallest absolute Gasteiger partial charge is 0.326 e. The largest absolute Gasteiger partial charge is 0.468 e.